The van der Waals surface area contributed by atoms with Gasteiger partial charge >= 0.3 is 0 Å². The van der Waals surface area contributed by atoms with Crippen LogP contribution < -0.4 is 16.0 Å². The molecule has 8 nitrogen and oxygen atoms in total. The van der Waals surface area contributed by atoms with Gasteiger partial charge < -0.3 is 20.9 Å². The minimum Gasteiger partial charge on any atom is -0.351 e. The van der Waals surface area contributed by atoms with E-state index in [1.54, 1.807) is 42.5 Å². The molecule has 0 aliphatic heterocycles. The number of nitrogens with one attached hydrogen (secondary N) is 3. The summed E-state index contributed by atoms with van der Waals surface area (Å²) in [7, 11) is 0. The largest absolute Gasteiger partial charge is 0.351 e. The molecule has 0 aliphatic carbocycles. The standard InChI is InChI=1S/C23H28N4O4/c1-4-27(5-2)15-14-24-22(30)17-10-12-18(13-11-17)26-23(31)21(29)19-8-6-7-9-20(19)25-16(3)28/h6-13H,4-5,14-15H2,1-3H3,(H,24,30)(H,25,28)(H,26,31). The molecule has 0 saturated heterocycles. The highest BCUT2D eigenvalue weighted by Crippen LogP contribution is 2.17. The van der Waals surface area contributed by atoms with Crippen LogP contribution in [-0.2, 0) is 9.59 Å². The second-order valence-corrected chi connectivity index (χ2v) is 6.87. The van der Waals surface area contributed by atoms with Crippen molar-refractivity contribution in [2.75, 3.05) is 36.8 Å². The van der Waals surface area contributed by atoms with Crippen molar-refractivity contribution in [2.24, 2.45) is 0 Å². The van der Waals surface area contributed by atoms with Crippen LogP contribution >= 0.6 is 0 Å². The first-order valence-electron chi connectivity index (χ1n) is 10.2. The summed E-state index contributed by atoms with van der Waals surface area (Å²) in [5.74, 6) is -2.16. The molecule has 31 heavy (non-hydrogen) atoms. The second kappa shape index (κ2) is 11.6. The number of hydrogen-bond donors (Lipinski definition) is 3. The van der Waals surface area contributed by atoms with Gasteiger partial charge in [0.05, 0.1) is 11.3 Å². The molecular weight excluding hydrogens is 396 g/mol. The highest BCUT2D eigenvalue weighted by molar-refractivity contribution is 6.47. The van der Waals surface area contributed by atoms with Gasteiger partial charge in [0.1, 0.15) is 0 Å². The van der Waals surface area contributed by atoms with E-state index in [9.17, 15) is 19.2 Å². The Morgan fingerprint density at radius 3 is 2.13 bits per heavy atom. The zero-order valence-electron chi connectivity index (χ0n) is 18.0. The summed E-state index contributed by atoms with van der Waals surface area (Å²) in [6.07, 6.45) is 0. The van der Waals surface area contributed by atoms with E-state index in [4.69, 9.17) is 0 Å². The maximum Gasteiger partial charge on any atom is 0.296 e. The van der Waals surface area contributed by atoms with Crippen molar-refractivity contribution < 1.29 is 19.2 Å². The van der Waals surface area contributed by atoms with Crippen molar-refractivity contribution in [3.05, 3.63) is 59.7 Å². The minimum atomic E-state index is -0.839. The van der Waals surface area contributed by atoms with Crippen molar-refractivity contribution in [1.29, 1.82) is 0 Å². The first-order chi connectivity index (χ1) is 14.8. The number of anilines is 2. The van der Waals surface area contributed by atoms with Crippen LogP contribution in [0.2, 0.25) is 0 Å². The minimum absolute atomic E-state index is 0.0967. The number of carbonyl (C=O) groups is 4. The van der Waals surface area contributed by atoms with Gasteiger partial charge in [-0.15, -0.1) is 0 Å². The van der Waals surface area contributed by atoms with E-state index < -0.39 is 11.7 Å². The fraction of sp³-hybridized carbons (Fsp3) is 0.304. The number of likely N-dealkylation sites (N-methyl/N-ethyl adjacent to an activating group) is 1. The van der Waals surface area contributed by atoms with Gasteiger partial charge in [-0.3, -0.25) is 19.2 Å². The molecule has 0 aromatic heterocycles. The van der Waals surface area contributed by atoms with Gasteiger partial charge in [-0.1, -0.05) is 26.0 Å². The van der Waals surface area contributed by atoms with Crippen LogP contribution in [0.5, 0.6) is 0 Å². The molecule has 8 heteroatoms. The van der Waals surface area contributed by atoms with Crippen LogP contribution in [0.25, 0.3) is 0 Å². The molecule has 0 unspecified atom stereocenters. The molecule has 0 heterocycles. The van der Waals surface area contributed by atoms with Gasteiger partial charge in [0, 0.05) is 31.3 Å². The van der Waals surface area contributed by atoms with Crippen LogP contribution in [-0.4, -0.2) is 54.6 Å². The Hall–Kier alpha value is -3.52. The number of ketones is 1. The molecule has 0 bridgehead atoms. The third-order valence-electron chi connectivity index (χ3n) is 4.70. The highest BCUT2D eigenvalue weighted by atomic mass is 16.2. The lowest BCUT2D eigenvalue weighted by atomic mass is 10.1. The van der Waals surface area contributed by atoms with Crippen molar-refractivity contribution in [3.63, 3.8) is 0 Å². The summed E-state index contributed by atoms with van der Waals surface area (Å²) in [4.78, 5) is 50.7. The third kappa shape index (κ3) is 7.04. The fourth-order valence-electron chi connectivity index (χ4n) is 2.96. The first kappa shape index (κ1) is 23.8. The maximum absolute atomic E-state index is 12.5. The van der Waals surface area contributed by atoms with Gasteiger partial charge in [-0.05, 0) is 49.5 Å². The molecule has 164 valence electrons. The molecule has 2 rings (SSSR count). The predicted octanol–water partition coefficient (Wildman–Crippen LogP) is 2.54. The topological polar surface area (TPSA) is 108 Å². The quantitative estimate of drug-likeness (QED) is 0.401. The average Bonchev–Trinajstić information content (AvgIpc) is 2.76. The predicted molar refractivity (Wildman–Crippen MR) is 120 cm³/mol. The van der Waals surface area contributed by atoms with Gasteiger partial charge in [0.25, 0.3) is 17.6 Å². The Morgan fingerprint density at radius 2 is 1.52 bits per heavy atom. The number of nitrogens with zero attached hydrogens (tertiary/aromatic N) is 1. The molecule has 0 aliphatic rings. The summed E-state index contributed by atoms with van der Waals surface area (Å²) >= 11 is 0. The summed E-state index contributed by atoms with van der Waals surface area (Å²) in [6.45, 7) is 8.63. The number of hydrogen-bond acceptors (Lipinski definition) is 5. The Kier molecular flexibility index (Phi) is 8.90. The molecular formula is C23H28N4O4. The number of Topliss-reactive ketones (excluding diaryl/α,β-unsaturated/α-hetero) is 1. The van der Waals surface area contributed by atoms with Gasteiger partial charge in [-0.2, -0.15) is 0 Å². The van der Waals surface area contributed by atoms with E-state index in [2.05, 4.69) is 34.7 Å². The first-order valence-corrected chi connectivity index (χ1v) is 10.2. The normalized spacial score (nSPS) is 10.5. The molecule has 0 fully saturated rings. The lowest BCUT2D eigenvalue weighted by Crippen LogP contribution is -2.34. The summed E-state index contributed by atoms with van der Waals surface area (Å²) in [5.41, 5.74) is 1.21. The van der Waals surface area contributed by atoms with Gasteiger partial charge in [0.2, 0.25) is 5.91 Å². The number of carbonyl (C=O) groups excluding carboxylic acids is 4. The zero-order valence-corrected chi connectivity index (χ0v) is 18.0. The Bertz CT molecular complexity index is 937. The van der Waals surface area contributed by atoms with E-state index in [-0.39, 0.29) is 23.1 Å². The molecule has 0 spiro atoms. The number of para-hydroxylation sites is 1. The van der Waals surface area contributed by atoms with E-state index >= 15 is 0 Å². The molecule has 0 radical (unpaired) electrons. The molecule has 0 atom stereocenters. The summed E-state index contributed by atoms with van der Waals surface area (Å²) in [6, 6.07) is 12.6. The smallest absolute Gasteiger partial charge is 0.296 e. The highest BCUT2D eigenvalue weighted by Gasteiger charge is 2.20. The molecule has 2 aromatic rings. The van der Waals surface area contributed by atoms with Crippen LogP contribution in [0.15, 0.2) is 48.5 Å². The van der Waals surface area contributed by atoms with Crippen LogP contribution in [0.4, 0.5) is 11.4 Å². The van der Waals surface area contributed by atoms with Crippen molar-refractivity contribution in [2.45, 2.75) is 20.8 Å². The van der Waals surface area contributed by atoms with Crippen molar-refractivity contribution >= 4 is 34.9 Å². The molecule has 0 saturated carbocycles. The number of amides is 3. The van der Waals surface area contributed by atoms with Gasteiger partial charge in [0.15, 0.2) is 0 Å². The average molecular weight is 425 g/mol. The van der Waals surface area contributed by atoms with Gasteiger partial charge in [-0.25, -0.2) is 0 Å². The molecule has 3 amide bonds. The number of rotatable bonds is 10. The lowest BCUT2D eigenvalue weighted by Gasteiger charge is -2.18. The maximum atomic E-state index is 12.5. The zero-order chi connectivity index (χ0) is 22.8. The Morgan fingerprint density at radius 1 is 0.871 bits per heavy atom. The van der Waals surface area contributed by atoms with Crippen molar-refractivity contribution in [3.8, 4) is 0 Å². The van der Waals surface area contributed by atoms with Crippen molar-refractivity contribution in [1.82, 2.24) is 10.2 Å². The van der Waals surface area contributed by atoms with E-state index in [1.165, 1.54) is 13.0 Å². The van der Waals surface area contributed by atoms with Crippen LogP contribution in [0.1, 0.15) is 41.5 Å². The third-order valence-corrected chi connectivity index (χ3v) is 4.70. The Balaban J connectivity index is 1.97. The lowest BCUT2D eigenvalue weighted by molar-refractivity contribution is -0.114. The second-order valence-electron chi connectivity index (χ2n) is 6.87. The molecule has 2 aromatic carbocycles. The molecule has 3 N–H and O–H groups in total. The SMILES string of the molecule is CCN(CC)CCNC(=O)c1ccc(NC(=O)C(=O)c2ccccc2NC(C)=O)cc1. The summed E-state index contributed by atoms with van der Waals surface area (Å²) in [5, 5.41) is 7.92. The summed E-state index contributed by atoms with van der Waals surface area (Å²) < 4.78 is 0. The number of benzene rings is 2. The van der Waals surface area contributed by atoms with E-state index in [1.807, 2.05) is 0 Å². The van der Waals surface area contributed by atoms with Crippen LogP contribution in [0.3, 0.4) is 0 Å². The van der Waals surface area contributed by atoms with E-state index in [0.717, 1.165) is 19.6 Å². The Labute approximate surface area is 182 Å². The monoisotopic (exact) mass is 424 g/mol. The van der Waals surface area contributed by atoms with E-state index in [0.29, 0.717) is 17.8 Å². The fourth-order valence-corrected chi connectivity index (χ4v) is 2.96. The van der Waals surface area contributed by atoms with Crippen LogP contribution in [0, 0.1) is 0 Å².